The van der Waals surface area contributed by atoms with Gasteiger partial charge in [-0.3, -0.25) is 5.41 Å². The van der Waals surface area contributed by atoms with Crippen LogP contribution in [-0.2, 0) is 4.74 Å². The van der Waals surface area contributed by atoms with E-state index in [9.17, 15) is 0 Å². The maximum Gasteiger partial charge on any atom is 0.232 e. The Bertz CT molecular complexity index is 450. The van der Waals surface area contributed by atoms with Crippen molar-refractivity contribution in [2.75, 3.05) is 7.11 Å². The summed E-state index contributed by atoms with van der Waals surface area (Å²) in [6.45, 7) is 0. The van der Waals surface area contributed by atoms with E-state index in [1.165, 1.54) is 7.11 Å². The van der Waals surface area contributed by atoms with E-state index in [0.29, 0.717) is 5.69 Å². The highest BCUT2D eigenvalue weighted by atomic mass is 32.1. The van der Waals surface area contributed by atoms with E-state index in [1.54, 1.807) is 17.4 Å². The minimum absolute atomic E-state index is 0.105. The smallest absolute Gasteiger partial charge is 0.232 e. The molecule has 3 nitrogen and oxygen atoms in total. The number of ether oxygens (including phenoxy) is 1. The largest absolute Gasteiger partial charge is 0.480 e. The first-order valence-corrected chi connectivity index (χ1v) is 4.66. The van der Waals surface area contributed by atoms with Crippen LogP contribution in [0.1, 0.15) is 5.69 Å². The van der Waals surface area contributed by atoms with Gasteiger partial charge < -0.3 is 4.74 Å². The van der Waals surface area contributed by atoms with E-state index in [1.807, 2.05) is 17.5 Å². The van der Waals surface area contributed by atoms with E-state index >= 15 is 0 Å². The molecule has 4 heteroatoms. The van der Waals surface area contributed by atoms with Crippen molar-refractivity contribution in [2.24, 2.45) is 0 Å². The molecule has 0 aliphatic rings. The lowest BCUT2D eigenvalue weighted by atomic mass is 10.3. The van der Waals surface area contributed by atoms with Gasteiger partial charge in [-0.1, -0.05) is 0 Å². The highest BCUT2D eigenvalue weighted by molar-refractivity contribution is 7.17. The number of hydrogen-bond donors (Lipinski definition) is 1. The standard InChI is InChI=1S/C9H8N2OS/c1-12-9(10)7-2-3-8-6(11-7)4-5-13-8/h2-5,10H,1H3. The summed E-state index contributed by atoms with van der Waals surface area (Å²) in [5.41, 5.74) is 1.50. The van der Waals surface area contributed by atoms with Gasteiger partial charge in [0.1, 0.15) is 5.69 Å². The summed E-state index contributed by atoms with van der Waals surface area (Å²) in [6, 6.07) is 5.69. The molecule has 2 aromatic rings. The number of nitrogens with one attached hydrogen (secondary N) is 1. The number of pyridine rings is 1. The lowest BCUT2D eigenvalue weighted by Gasteiger charge is -2.00. The Balaban J connectivity index is 2.54. The van der Waals surface area contributed by atoms with Crippen LogP contribution in [0.4, 0.5) is 0 Å². The van der Waals surface area contributed by atoms with Crippen LogP contribution in [0, 0.1) is 5.41 Å². The molecule has 2 heterocycles. The first kappa shape index (κ1) is 8.19. The summed E-state index contributed by atoms with van der Waals surface area (Å²) < 4.78 is 5.92. The van der Waals surface area contributed by atoms with Crippen LogP contribution in [0.2, 0.25) is 0 Å². The SMILES string of the molecule is COC(=N)c1ccc2sccc2n1. The summed E-state index contributed by atoms with van der Waals surface area (Å²) in [5, 5.41) is 9.41. The molecule has 2 rings (SSSR count). The zero-order valence-electron chi connectivity index (χ0n) is 7.07. The highest BCUT2D eigenvalue weighted by Gasteiger charge is 2.03. The molecule has 0 fully saturated rings. The molecule has 13 heavy (non-hydrogen) atoms. The molecule has 0 saturated heterocycles. The van der Waals surface area contributed by atoms with Crippen LogP contribution in [-0.4, -0.2) is 18.0 Å². The number of fused-ring (bicyclic) bond motifs is 1. The molecule has 0 amide bonds. The van der Waals surface area contributed by atoms with Gasteiger partial charge in [-0.05, 0) is 23.6 Å². The number of hydrogen-bond acceptors (Lipinski definition) is 4. The van der Waals surface area contributed by atoms with Gasteiger partial charge in [0.15, 0.2) is 0 Å². The molecular formula is C9H8N2OS. The Morgan fingerprint density at radius 1 is 1.46 bits per heavy atom. The third kappa shape index (κ3) is 1.40. The molecule has 0 spiro atoms. The van der Waals surface area contributed by atoms with Crippen molar-refractivity contribution in [3.63, 3.8) is 0 Å². The van der Waals surface area contributed by atoms with Crippen molar-refractivity contribution in [3.8, 4) is 0 Å². The lowest BCUT2D eigenvalue weighted by molar-refractivity contribution is 0.400. The van der Waals surface area contributed by atoms with Crippen LogP contribution in [0.5, 0.6) is 0 Å². The topological polar surface area (TPSA) is 46.0 Å². The quantitative estimate of drug-likeness (QED) is 0.556. The number of nitrogens with zero attached hydrogens (tertiary/aromatic N) is 1. The monoisotopic (exact) mass is 192 g/mol. The minimum atomic E-state index is 0.105. The summed E-state index contributed by atoms with van der Waals surface area (Å²) in [6.07, 6.45) is 0. The van der Waals surface area contributed by atoms with E-state index in [4.69, 9.17) is 10.1 Å². The van der Waals surface area contributed by atoms with Gasteiger partial charge in [0, 0.05) is 0 Å². The van der Waals surface area contributed by atoms with E-state index < -0.39 is 0 Å². The Kier molecular flexibility index (Phi) is 1.98. The zero-order chi connectivity index (χ0) is 9.26. The van der Waals surface area contributed by atoms with Gasteiger partial charge >= 0.3 is 0 Å². The molecule has 0 aromatic carbocycles. The first-order valence-electron chi connectivity index (χ1n) is 3.78. The highest BCUT2D eigenvalue weighted by Crippen LogP contribution is 2.18. The molecule has 0 saturated carbocycles. The third-order valence-corrected chi connectivity index (χ3v) is 2.61. The Labute approximate surface area is 79.5 Å². The number of aromatic nitrogens is 1. The Hall–Kier alpha value is -1.42. The van der Waals surface area contributed by atoms with Crippen molar-refractivity contribution in [3.05, 3.63) is 29.3 Å². The fraction of sp³-hybridized carbons (Fsp3) is 0.111. The summed E-state index contributed by atoms with van der Waals surface area (Å²) in [7, 11) is 1.47. The molecule has 0 atom stereocenters. The van der Waals surface area contributed by atoms with E-state index in [-0.39, 0.29) is 5.90 Å². The van der Waals surface area contributed by atoms with Crippen LogP contribution < -0.4 is 0 Å². The van der Waals surface area contributed by atoms with Gasteiger partial charge in [0.2, 0.25) is 5.90 Å². The summed E-state index contributed by atoms with van der Waals surface area (Å²) in [4.78, 5) is 4.27. The fourth-order valence-corrected chi connectivity index (χ4v) is 1.81. The number of methoxy groups -OCH3 is 1. The Morgan fingerprint density at radius 3 is 3.08 bits per heavy atom. The van der Waals surface area contributed by atoms with Crippen LogP contribution in [0.15, 0.2) is 23.6 Å². The number of rotatable bonds is 1. The van der Waals surface area contributed by atoms with Gasteiger partial charge in [0.25, 0.3) is 0 Å². The second-order valence-electron chi connectivity index (χ2n) is 2.53. The molecule has 0 bridgehead atoms. The fourth-order valence-electron chi connectivity index (χ4n) is 1.08. The van der Waals surface area contributed by atoms with Crippen molar-refractivity contribution in [1.29, 1.82) is 5.41 Å². The zero-order valence-corrected chi connectivity index (χ0v) is 7.89. The number of thiophene rings is 1. The Morgan fingerprint density at radius 2 is 2.31 bits per heavy atom. The molecule has 0 aliphatic heterocycles. The van der Waals surface area contributed by atoms with E-state index in [2.05, 4.69) is 4.98 Å². The summed E-state index contributed by atoms with van der Waals surface area (Å²) >= 11 is 1.64. The average Bonchev–Trinajstić information content (AvgIpc) is 2.63. The molecule has 66 valence electrons. The lowest BCUT2D eigenvalue weighted by Crippen LogP contribution is -2.03. The van der Waals surface area contributed by atoms with Gasteiger partial charge in [-0.2, -0.15) is 0 Å². The van der Waals surface area contributed by atoms with Crippen molar-refractivity contribution >= 4 is 27.5 Å². The second kappa shape index (κ2) is 3.14. The molecule has 0 radical (unpaired) electrons. The molecule has 0 unspecified atom stereocenters. The second-order valence-corrected chi connectivity index (χ2v) is 3.48. The predicted molar refractivity (Wildman–Crippen MR) is 53.5 cm³/mol. The van der Waals surface area contributed by atoms with Crippen molar-refractivity contribution in [1.82, 2.24) is 4.98 Å². The minimum Gasteiger partial charge on any atom is -0.480 e. The maximum absolute atomic E-state index is 7.43. The van der Waals surface area contributed by atoms with Crippen molar-refractivity contribution < 1.29 is 4.74 Å². The van der Waals surface area contributed by atoms with Crippen LogP contribution in [0.25, 0.3) is 10.2 Å². The predicted octanol–water partition coefficient (Wildman–Crippen LogP) is 2.27. The third-order valence-electron chi connectivity index (χ3n) is 1.74. The molecule has 1 N–H and O–H groups in total. The first-order chi connectivity index (χ1) is 6.31. The van der Waals surface area contributed by atoms with Crippen LogP contribution >= 0.6 is 11.3 Å². The maximum atomic E-state index is 7.43. The van der Waals surface area contributed by atoms with Crippen molar-refractivity contribution in [2.45, 2.75) is 0 Å². The van der Waals surface area contributed by atoms with Gasteiger partial charge in [-0.25, -0.2) is 4.98 Å². The van der Waals surface area contributed by atoms with Crippen LogP contribution in [0.3, 0.4) is 0 Å². The van der Waals surface area contributed by atoms with Gasteiger partial charge in [0.05, 0.1) is 17.3 Å². The molecule has 0 aliphatic carbocycles. The average molecular weight is 192 g/mol. The molecular weight excluding hydrogens is 184 g/mol. The van der Waals surface area contributed by atoms with Gasteiger partial charge in [-0.15, -0.1) is 11.3 Å². The normalized spacial score (nSPS) is 10.2. The van der Waals surface area contributed by atoms with E-state index in [0.717, 1.165) is 10.2 Å². The summed E-state index contributed by atoms with van der Waals surface area (Å²) in [5.74, 6) is 0.105. The molecule has 2 aromatic heterocycles.